The Morgan fingerprint density at radius 3 is 2.94 bits per heavy atom. The first kappa shape index (κ1) is 11.9. The Morgan fingerprint density at radius 1 is 1.38 bits per heavy atom. The molecule has 2 unspecified atom stereocenters. The maximum absolute atomic E-state index is 12.3. The number of likely N-dealkylation sites (N-methyl/N-ethyl adjacent to an activating group) is 1. The molecule has 0 aromatic rings. The zero-order valence-corrected chi connectivity index (χ0v) is 10.1. The molecule has 0 radical (unpaired) electrons. The molecule has 1 N–H and O–H groups in total. The summed E-state index contributed by atoms with van der Waals surface area (Å²) >= 11 is 0. The third-order valence-corrected chi connectivity index (χ3v) is 3.56. The Morgan fingerprint density at radius 2 is 2.25 bits per heavy atom. The fourth-order valence-corrected chi connectivity index (χ4v) is 2.70. The predicted octanol–water partition coefficient (Wildman–Crippen LogP) is 0.766. The van der Waals surface area contributed by atoms with Crippen molar-refractivity contribution in [3.8, 4) is 0 Å². The van der Waals surface area contributed by atoms with Gasteiger partial charge in [0.1, 0.15) is 6.10 Å². The van der Waals surface area contributed by atoms with E-state index in [0.717, 1.165) is 45.4 Å². The van der Waals surface area contributed by atoms with Gasteiger partial charge in [0.2, 0.25) is 0 Å². The first-order valence-corrected chi connectivity index (χ1v) is 6.39. The van der Waals surface area contributed by atoms with Crippen molar-refractivity contribution in [2.45, 2.75) is 44.2 Å². The van der Waals surface area contributed by atoms with Crippen LogP contribution in [0.1, 0.15) is 32.1 Å². The van der Waals surface area contributed by atoms with Gasteiger partial charge in [0.25, 0.3) is 5.91 Å². The Hall–Kier alpha value is -0.610. The lowest BCUT2D eigenvalue weighted by atomic mass is 10.0. The Labute approximate surface area is 97.3 Å². The number of nitrogens with one attached hydrogen (secondary N) is 1. The van der Waals surface area contributed by atoms with Crippen molar-refractivity contribution in [2.75, 3.05) is 26.7 Å². The molecule has 0 aliphatic carbocycles. The number of hydrogen-bond donors (Lipinski definition) is 1. The van der Waals surface area contributed by atoms with Crippen LogP contribution in [0.2, 0.25) is 0 Å². The van der Waals surface area contributed by atoms with Crippen LogP contribution in [-0.4, -0.2) is 49.7 Å². The molecular formula is C12H22N2O2. The lowest BCUT2D eigenvalue weighted by molar-refractivity contribution is -0.144. The zero-order chi connectivity index (χ0) is 11.4. The van der Waals surface area contributed by atoms with Crippen molar-refractivity contribution in [2.24, 2.45) is 0 Å². The topological polar surface area (TPSA) is 41.6 Å². The van der Waals surface area contributed by atoms with E-state index < -0.39 is 0 Å². The van der Waals surface area contributed by atoms with Gasteiger partial charge in [-0.1, -0.05) is 0 Å². The smallest absolute Gasteiger partial charge is 0.251 e. The van der Waals surface area contributed by atoms with Crippen LogP contribution in [0.3, 0.4) is 0 Å². The van der Waals surface area contributed by atoms with E-state index in [9.17, 15) is 4.79 Å². The molecule has 4 heteroatoms. The first-order chi connectivity index (χ1) is 7.83. The minimum absolute atomic E-state index is 0.155. The van der Waals surface area contributed by atoms with Crippen LogP contribution in [0.15, 0.2) is 0 Å². The molecule has 16 heavy (non-hydrogen) atoms. The molecule has 92 valence electrons. The van der Waals surface area contributed by atoms with Gasteiger partial charge in [0.05, 0.1) is 0 Å². The molecular weight excluding hydrogens is 204 g/mol. The maximum atomic E-state index is 12.3. The number of ether oxygens (including phenoxy) is 1. The van der Waals surface area contributed by atoms with Crippen molar-refractivity contribution in [1.29, 1.82) is 0 Å². The highest BCUT2D eigenvalue weighted by Crippen LogP contribution is 2.21. The van der Waals surface area contributed by atoms with Crippen molar-refractivity contribution < 1.29 is 9.53 Å². The summed E-state index contributed by atoms with van der Waals surface area (Å²) in [5.74, 6) is 0.220. The first-order valence-electron chi connectivity index (χ1n) is 6.39. The highest BCUT2D eigenvalue weighted by atomic mass is 16.5. The van der Waals surface area contributed by atoms with Crippen LogP contribution >= 0.6 is 0 Å². The van der Waals surface area contributed by atoms with E-state index in [4.69, 9.17) is 4.74 Å². The van der Waals surface area contributed by atoms with Gasteiger partial charge in [-0.15, -0.1) is 0 Å². The van der Waals surface area contributed by atoms with E-state index in [1.54, 1.807) is 0 Å². The molecule has 0 aromatic heterocycles. The number of hydrogen-bond acceptors (Lipinski definition) is 3. The highest BCUT2D eigenvalue weighted by Gasteiger charge is 2.33. The zero-order valence-electron chi connectivity index (χ0n) is 10.1. The van der Waals surface area contributed by atoms with E-state index in [1.165, 1.54) is 6.42 Å². The third-order valence-electron chi connectivity index (χ3n) is 3.56. The third kappa shape index (κ3) is 2.55. The summed E-state index contributed by atoms with van der Waals surface area (Å²) in [6.07, 6.45) is 5.28. The van der Waals surface area contributed by atoms with Crippen LogP contribution in [-0.2, 0) is 9.53 Å². The summed E-state index contributed by atoms with van der Waals surface area (Å²) in [4.78, 5) is 14.3. The van der Waals surface area contributed by atoms with Gasteiger partial charge < -0.3 is 15.0 Å². The minimum atomic E-state index is -0.155. The number of piperidine rings is 1. The number of carbonyl (C=O) groups excluding carboxylic acids is 1. The molecule has 2 aliphatic rings. The average molecular weight is 226 g/mol. The van der Waals surface area contributed by atoms with Crippen LogP contribution in [0.5, 0.6) is 0 Å². The standard InChI is InChI=1S/C12H22N2O2/c1-13-9-10-5-2-3-7-14(10)12(15)11-6-4-8-16-11/h10-11,13H,2-9H2,1H3. The van der Waals surface area contributed by atoms with Crippen LogP contribution in [0.4, 0.5) is 0 Å². The molecule has 1 amide bonds. The number of rotatable bonds is 3. The Kier molecular flexibility index (Phi) is 4.18. The average Bonchev–Trinajstić information content (AvgIpc) is 2.83. The highest BCUT2D eigenvalue weighted by molar-refractivity contribution is 5.81. The molecule has 0 bridgehead atoms. The maximum Gasteiger partial charge on any atom is 0.251 e. The van der Waals surface area contributed by atoms with Crippen LogP contribution in [0.25, 0.3) is 0 Å². The molecule has 2 fully saturated rings. The van der Waals surface area contributed by atoms with Crippen molar-refractivity contribution in [1.82, 2.24) is 10.2 Å². The van der Waals surface area contributed by atoms with E-state index in [2.05, 4.69) is 5.32 Å². The predicted molar refractivity (Wildman–Crippen MR) is 62.3 cm³/mol. The number of likely N-dealkylation sites (tertiary alicyclic amines) is 1. The van der Waals surface area contributed by atoms with Gasteiger partial charge in [-0.3, -0.25) is 4.79 Å². The molecule has 2 heterocycles. The number of carbonyl (C=O) groups is 1. The van der Waals surface area contributed by atoms with E-state index >= 15 is 0 Å². The second kappa shape index (κ2) is 5.64. The van der Waals surface area contributed by atoms with Gasteiger partial charge in [0, 0.05) is 25.7 Å². The normalized spacial score (nSPS) is 30.7. The van der Waals surface area contributed by atoms with E-state index in [0.29, 0.717) is 6.04 Å². The van der Waals surface area contributed by atoms with Crippen LogP contribution in [0, 0.1) is 0 Å². The molecule has 2 aliphatic heterocycles. The molecule has 0 aromatic carbocycles. The van der Waals surface area contributed by atoms with Crippen molar-refractivity contribution in [3.05, 3.63) is 0 Å². The summed E-state index contributed by atoms with van der Waals surface area (Å²) in [5, 5.41) is 3.18. The van der Waals surface area contributed by atoms with E-state index in [-0.39, 0.29) is 12.0 Å². The Balaban J connectivity index is 1.95. The van der Waals surface area contributed by atoms with E-state index in [1.807, 2.05) is 11.9 Å². The molecule has 4 nitrogen and oxygen atoms in total. The molecule has 2 rings (SSSR count). The fourth-order valence-electron chi connectivity index (χ4n) is 2.70. The van der Waals surface area contributed by atoms with Gasteiger partial charge in [-0.2, -0.15) is 0 Å². The second-order valence-corrected chi connectivity index (χ2v) is 4.74. The van der Waals surface area contributed by atoms with Gasteiger partial charge in [0.15, 0.2) is 0 Å². The summed E-state index contributed by atoms with van der Waals surface area (Å²) in [5.41, 5.74) is 0. The van der Waals surface area contributed by atoms with Crippen LogP contribution < -0.4 is 5.32 Å². The summed E-state index contributed by atoms with van der Waals surface area (Å²) in [7, 11) is 1.95. The number of nitrogens with zero attached hydrogens (tertiary/aromatic N) is 1. The molecule has 2 saturated heterocycles. The van der Waals surface area contributed by atoms with Crippen molar-refractivity contribution >= 4 is 5.91 Å². The lowest BCUT2D eigenvalue weighted by Crippen LogP contribution is -2.51. The summed E-state index contributed by atoms with van der Waals surface area (Å²) < 4.78 is 5.48. The number of amides is 1. The van der Waals surface area contributed by atoms with Gasteiger partial charge in [-0.05, 0) is 39.2 Å². The monoisotopic (exact) mass is 226 g/mol. The largest absolute Gasteiger partial charge is 0.368 e. The fraction of sp³-hybridized carbons (Fsp3) is 0.917. The van der Waals surface area contributed by atoms with Gasteiger partial charge >= 0.3 is 0 Å². The summed E-state index contributed by atoms with van der Waals surface area (Å²) in [6.45, 7) is 2.56. The minimum Gasteiger partial charge on any atom is -0.368 e. The Bertz CT molecular complexity index is 237. The van der Waals surface area contributed by atoms with Gasteiger partial charge in [-0.25, -0.2) is 0 Å². The molecule has 2 atom stereocenters. The second-order valence-electron chi connectivity index (χ2n) is 4.74. The van der Waals surface area contributed by atoms with Crippen molar-refractivity contribution in [3.63, 3.8) is 0 Å². The molecule has 0 saturated carbocycles. The quantitative estimate of drug-likeness (QED) is 0.772. The molecule has 0 spiro atoms. The SMILES string of the molecule is CNCC1CCCCN1C(=O)C1CCCO1. The lowest BCUT2D eigenvalue weighted by Gasteiger charge is -2.37. The summed E-state index contributed by atoms with van der Waals surface area (Å²) in [6, 6.07) is 0.371.